The van der Waals surface area contributed by atoms with E-state index in [1.165, 1.54) is 12.0 Å². The Labute approximate surface area is 184 Å². The van der Waals surface area contributed by atoms with E-state index in [4.69, 9.17) is 32.7 Å². The molecule has 1 heterocycles. The van der Waals surface area contributed by atoms with Gasteiger partial charge in [0, 0.05) is 19.2 Å². The zero-order chi connectivity index (χ0) is 22.0. The maximum Gasteiger partial charge on any atom is 0.295 e. The van der Waals surface area contributed by atoms with Crippen molar-refractivity contribution < 1.29 is 24.2 Å². The molecule has 0 aliphatic carbocycles. The van der Waals surface area contributed by atoms with Gasteiger partial charge in [0.15, 0.2) is 0 Å². The van der Waals surface area contributed by atoms with E-state index in [1.54, 1.807) is 43.5 Å². The van der Waals surface area contributed by atoms with Crippen LogP contribution in [0.15, 0.2) is 42.0 Å². The van der Waals surface area contributed by atoms with Gasteiger partial charge in [-0.05, 0) is 48.4 Å². The molecule has 30 heavy (non-hydrogen) atoms. The summed E-state index contributed by atoms with van der Waals surface area (Å²) in [5.74, 6) is -1.11. The Morgan fingerprint density at radius 1 is 1.10 bits per heavy atom. The van der Waals surface area contributed by atoms with Gasteiger partial charge in [0.05, 0.1) is 35.4 Å². The van der Waals surface area contributed by atoms with E-state index in [1.807, 2.05) is 6.92 Å². The molecule has 2 aromatic carbocycles. The summed E-state index contributed by atoms with van der Waals surface area (Å²) in [7, 11) is 3.05. The Balaban J connectivity index is 2.19. The number of aliphatic hydroxyl groups is 1. The molecule has 1 amide bonds. The first-order valence-electron chi connectivity index (χ1n) is 9.17. The number of halogens is 2. The fraction of sp³-hybridized carbons (Fsp3) is 0.273. The molecular weight excluding hydrogens is 429 g/mol. The molecule has 0 aromatic heterocycles. The zero-order valence-corrected chi connectivity index (χ0v) is 18.3. The molecule has 0 spiro atoms. The quantitative estimate of drug-likeness (QED) is 0.402. The molecule has 1 aliphatic heterocycles. The maximum atomic E-state index is 12.9. The van der Waals surface area contributed by atoms with Gasteiger partial charge in [-0.15, -0.1) is 0 Å². The van der Waals surface area contributed by atoms with Crippen LogP contribution in [0.4, 0.5) is 0 Å². The van der Waals surface area contributed by atoms with Gasteiger partial charge in [-0.1, -0.05) is 29.3 Å². The van der Waals surface area contributed by atoms with Crippen molar-refractivity contribution in [2.75, 3.05) is 27.4 Å². The molecule has 2 aromatic rings. The van der Waals surface area contributed by atoms with E-state index in [2.05, 4.69) is 0 Å². The molecule has 0 unspecified atom stereocenters. The number of hydrogen-bond donors (Lipinski definition) is 1. The fourth-order valence-electron chi connectivity index (χ4n) is 3.51. The number of ether oxygens (including phenoxy) is 2. The largest absolute Gasteiger partial charge is 0.507 e. The number of benzene rings is 2. The summed E-state index contributed by atoms with van der Waals surface area (Å²) < 4.78 is 10.3. The molecule has 1 aliphatic rings. The molecule has 1 atom stereocenters. The van der Waals surface area contributed by atoms with E-state index in [9.17, 15) is 14.7 Å². The lowest BCUT2D eigenvalue weighted by atomic mass is 9.95. The standard InChI is InChI=1S/C22H21Cl2NO5/c1-12-10-14(5-7-17(12)30-3)20(26)18-19(13-4-6-15(23)16(24)11-13)25(8-9-29-2)22(28)21(18)27/h4-7,10-11,19,26H,8-9H2,1-3H3/b20-18+/t19-/m0/s1. The maximum absolute atomic E-state index is 12.9. The van der Waals surface area contributed by atoms with Crippen molar-refractivity contribution in [3.8, 4) is 5.75 Å². The highest BCUT2D eigenvalue weighted by atomic mass is 35.5. The average molecular weight is 450 g/mol. The van der Waals surface area contributed by atoms with E-state index in [0.717, 1.165) is 5.56 Å². The molecule has 0 bridgehead atoms. The van der Waals surface area contributed by atoms with Crippen LogP contribution in [0, 0.1) is 6.92 Å². The number of amides is 1. The van der Waals surface area contributed by atoms with Crippen LogP contribution in [0.3, 0.4) is 0 Å². The molecule has 0 saturated carbocycles. The van der Waals surface area contributed by atoms with Gasteiger partial charge in [-0.3, -0.25) is 9.59 Å². The van der Waals surface area contributed by atoms with Crippen LogP contribution in [0.2, 0.25) is 10.0 Å². The lowest BCUT2D eigenvalue weighted by molar-refractivity contribution is -0.140. The summed E-state index contributed by atoms with van der Waals surface area (Å²) in [6, 6.07) is 9.06. The van der Waals surface area contributed by atoms with Crippen LogP contribution in [0.1, 0.15) is 22.7 Å². The number of methoxy groups -OCH3 is 2. The molecule has 158 valence electrons. The average Bonchev–Trinajstić information content (AvgIpc) is 2.98. The van der Waals surface area contributed by atoms with Gasteiger partial charge >= 0.3 is 0 Å². The molecular formula is C22H21Cl2NO5. The minimum Gasteiger partial charge on any atom is -0.507 e. The Kier molecular flexibility index (Phi) is 6.71. The Hall–Kier alpha value is -2.54. The third-order valence-electron chi connectivity index (χ3n) is 5.00. The molecule has 3 rings (SSSR count). The van der Waals surface area contributed by atoms with Crippen molar-refractivity contribution >= 4 is 40.7 Å². The van der Waals surface area contributed by atoms with Crippen molar-refractivity contribution in [3.63, 3.8) is 0 Å². The van der Waals surface area contributed by atoms with Crippen LogP contribution >= 0.6 is 23.2 Å². The molecule has 0 radical (unpaired) electrons. The lowest BCUT2D eigenvalue weighted by Gasteiger charge is -2.25. The predicted molar refractivity (Wildman–Crippen MR) is 115 cm³/mol. The van der Waals surface area contributed by atoms with E-state index in [0.29, 0.717) is 21.9 Å². The summed E-state index contributed by atoms with van der Waals surface area (Å²) in [5, 5.41) is 11.7. The Morgan fingerprint density at radius 2 is 1.83 bits per heavy atom. The molecule has 1 N–H and O–H groups in total. The van der Waals surface area contributed by atoms with E-state index in [-0.39, 0.29) is 29.5 Å². The number of aliphatic hydroxyl groups excluding tert-OH is 1. The number of nitrogens with zero attached hydrogens (tertiary/aromatic N) is 1. The molecule has 8 heteroatoms. The van der Waals surface area contributed by atoms with Crippen LogP contribution in [0.5, 0.6) is 5.75 Å². The van der Waals surface area contributed by atoms with Gasteiger partial charge in [0.25, 0.3) is 11.7 Å². The topological polar surface area (TPSA) is 76.1 Å². The van der Waals surface area contributed by atoms with Crippen LogP contribution < -0.4 is 4.74 Å². The molecule has 1 saturated heterocycles. The number of ketones is 1. The Morgan fingerprint density at radius 3 is 2.43 bits per heavy atom. The number of carbonyl (C=O) groups is 2. The predicted octanol–water partition coefficient (Wildman–Crippen LogP) is 4.38. The first-order valence-corrected chi connectivity index (χ1v) is 9.93. The van der Waals surface area contributed by atoms with E-state index >= 15 is 0 Å². The highest BCUT2D eigenvalue weighted by molar-refractivity contribution is 6.46. The SMILES string of the molecule is COCCN1C(=O)C(=O)/C(=C(/O)c2ccc(OC)c(C)c2)[C@@H]1c1ccc(Cl)c(Cl)c1. The second-order valence-electron chi connectivity index (χ2n) is 6.84. The molecule has 1 fully saturated rings. The van der Waals surface area contributed by atoms with Crippen molar-refractivity contribution in [1.29, 1.82) is 0 Å². The van der Waals surface area contributed by atoms with Gasteiger partial charge in [0.2, 0.25) is 0 Å². The number of aryl methyl sites for hydroxylation is 1. The molecule has 6 nitrogen and oxygen atoms in total. The van der Waals surface area contributed by atoms with E-state index < -0.39 is 17.7 Å². The normalized spacial score (nSPS) is 18.2. The summed E-state index contributed by atoms with van der Waals surface area (Å²) >= 11 is 12.2. The van der Waals surface area contributed by atoms with Crippen molar-refractivity contribution in [1.82, 2.24) is 4.90 Å². The zero-order valence-electron chi connectivity index (χ0n) is 16.7. The number of hydrogen-bond acceptors (Lipinski definition) is 5. The van der Waals surface area contributed by atoms with Gasteiger partial charge in [-0.25, -0.2) is 0 Å². The minimum absolute atomic E-state index is 0.0148. The van der Waals surface area contributed by atoms with Crippen molar-refractivity contribution in [3.05, 3.63) is 68.7 Å². The first-order chi connectivity index (χ1) is 14.3. The van der Waals surface area contributed by atoms with Crippen molar-refractivity contribution in [2.24, 2.45) is 0 Å². The van der Waals surface area contributed by atoms with Crippen LogP contribution in [-0.4, -0.2) is 49.1 Å². The summed E-state index contributed by atoms with van der Waals surface area (Å²) in [5.41, 5.74) is 1.73. The second-order valence-corrected chi connectivity index (χ2v) is 7.66. The third-order valence-corrected chi connectivity index (χ3v) is 5.74. The minimum atomic E-state index is -0.822. The lowest BCUT2D eigenvalue weighted by Crippen LogP contribution is -2.32. The van der Waals surface area contributed by atoms with Crippen LogP contribution in [-0.2, 0) is 14.3 Å². The summed E-state index contributed by atoms with van der Waals surface area (Å²) in [6.07, 6.45) is 0. The van der Waals surface area contributed by atoms with Gasteiger partial charge < -0.3 is 19.5 Å². The summed E-state index contributed by atoms with van der Waals surface area (Å²) in [4.78, 5) is 27.0. The highest BCUT2D eigenvalue weighted by Gasteiger charge is 2.46. The number of likely N-dealkylation sites (tertiary alicyclic amines) is 1. The Bertz CT molecular complexity index is 1030. The second kappa shape index (κ2) is 9.08. The summed E-state index contributed by atoms with van der Waals surface area (Å²) in [6.45, 7) is 2.22. The first kappa shape index (κ1) is 22.2. The fourth-order valence-corrected chi connectivity index (χ4v) is 3.82. The highest BCUT2D eigenvalue weighted by Crippen LogP contribution is 2.41. The van der Waals surface area contributed by atoms with Gasteiger partial charge in [-0.2, -0.15) is 0 Å². The smallest absolute Gasteiger partial charge is 0.295 e. The van der Waals surface area contributed by atoms with Crippen LogP contribution in [0.25, 0.3) is 5.76 Å². The number of rotatable bonds is 6. The number of Topliss-reactive ketones (excluding diaryl/α,β-unsaturated/α-hetero) is 1. The third kappa shape index (κ3) is 4.03. The van der Waals surface area contributed by atoms with Crippen molar-refractivity contribution in [2.45, 2.75) is 13.0 Å². The number of carbonyl (C=O) groups excluding carboxylic acids is 2. The monoisotopic (exact) mass is 449 g/mol. The van der Waals surface area contributed by atoms with Gasteiger partial charge in [0.1, 0.15) is 11.5 Å².